The molecule has 0 saturated carbocycles. The molecule has 4 rings (SSSR count). The molecule has 0 spiro atoms. The first kappa shape index (κ1) is 18.8. The number of aromatic nitrogens is 2. The summed E-state index contributed by atoms with van der Waals surface area (Å²) < 4.78 is 0.746. The lowest BCUT2D eigenvalue weighted by molar-refractivity contribution is -0.127. The third kappa shape index (κ3) is 3.25. The van der Waals surface area contributed by atoms with Crippen LogP contribution in [0.2, 0.25) is 4.34 Å². The van der Waals surface area contributed by atoms with Gasteiger partial charge in [-0.2, -0.15) is 0 Å². The Hall–Kier alpha value is -2.50. The molecule has 0 fully saturated rings. The molecule has 142 valence electrons. The Morgan fingerprint density at radius 2 is 1.96 bits per heavy atom. The molecule has 1 amide bonds. The van der Waals surface area contributed by atoms with Crippen molar-refractivity contribution in [1.82, 2.24) is 14.9 Å². The number of halogens is 1. The van der Waals surface area contributed by atoms with Crippen molar-refractivity contribution in [3.63, 3.8) is 0 Å². The zero-order valence-electron chi connectivity index (χ0n) is 15.8. The number of benzene rings is 1. The van der Waals surface area contributed by atoms with E-state index < -0.39 is 0 Å². The minimum absolute atomic E-state index is 0.0339. The fourth-order valence-electron chi connectivity index (χ4n) is 3.96. The molecule has 1 aliphatic rings. The van der Waals surface area contributed by atoms with Crippen LogP contribution in [0.5, 0.6) is 0 Å². The third-order valence-electron chi connectivity index (χ3n) is 5.24. The summed E-state index contributed by atoms with van der Waals surface area (Å²) in [6.07, 6.45) is 2.97. The summed E-state index contributed by atoms with van der Waals surface area (Å²) in [5, 5.41) is 0. The number of aryl methyl sites for hydroxylation is 2. The maximum atomic E-state index is 12.4. The predicted octanol–water partition coefficient (Wildman–Crippen LogP) is 5.14. The number of carbonyl (C=O) groups is 1. The van der Waals surface area contributed by atoms with Gasteiger partial charge in [-0.05, 0) is 42.7 Å². The van der Waals surface area contributed by atoms with Crippen LogP contribution in [0.1, 0.15) is 33.3 Å². The number of carbonyl (C=O) groups excluding carboxylic acids is 1. The highest BCUT2D eigenvalue weighted by Gasteiger charge is 2.32. The van der Waals surface area contributed by atoms with E-state index in [-0.39, 0.29) is 11.8 Å². The van der Waals surface area contributed by atoms with Gasteiger partial charge in [-0.25, -0.2) is 9.97 Å². The van der Waals surface area contributed by atoms with Crippen molar-refractivity contribution >= 4 is 28.8 Å². The van der Waals surface area contributed by atoms with E-state index in [9.17, 15) is 4.79 Å². The number of amides is 1. The molecule has 28 heavy (non-hydrogen) atoms. The summed E-state index contributed by atoms with van der Waals surface area (Å²) >= 11 is 7.89. The van der Waals surface area contributed by atoms with E-state index in [1.807, 2.05) is 36.9 Å². The zero-order chi connectivity index (χ0) is 19.8. The van der Waals surface area contributed by atoms with E-state index in [4.69, 9.17) is 11.6 Å². The quantitative estimate of drug-likeness (QED) is 0.563. The number of hydrogen-bond acceptors (Lipinski definition) is 4. The molecule has 0 saturated heterocycles. The Morgan fingerprint density at radius 1 is 1.25 bits per heavy atom. The van der Waals surface area contributed by atoms with E-state index in [1.165, 1.54) is 11.6 Å². The summed E-state index contributed by atoms with van der Waals surface area (Å²) in [4.78, 5) is 24.1. The molecule has 0 radical (unpaired) electrons. The number of hydrogen-bond donors (Lipinski definition) is 0. The molecule has 0 bridgehead atoms. The number of thiophene rings is 1. The molecule has 0 N–H and O–H groups in total. The molecule has 3 heterocycles. The predicted molar refractivity (Wildman–Crippen MR) is 114 cm³/mol. The Kier molecular flexibility index (Phi) is 5.04. The van der Waals surface area contributed by atoms with Gasteiger partial charge in [0.05, 0.1) is 10.9 Å². The fraction of sp³-hybridized carbons (Fsp3) is 0.227. The van der Waals surface area contributed by atoms with Gasteiger partial charge in [-0.15, -0.1) is 11.3 Å². The second-order valence-corrected chi connectivity index (χ2v) is 8.68. The SMILES string of the molecule is C=CC(=O)N1Cc2sc(Cl)cc2[C@@H](c2ccccc2-c2c(C)ncnc2C)C1. The summed E-state index contributed by atoms with van der Waals surface area (Å²) in [6.45, 7) is 8.82. The number of fused-ring (bicyclic) bond motifs is 1. The Balaban J connectivity index is 1.89. The number of nitrogens with zero attached hydrogens (tertiary/aromatic N) is 3. The van der Waals surface area contributed by atoms with Crippen molar-refractivity contribution in [2.24, 2.45) is 0 Å². The van der Waals surface area contributed by atoms with Crippen LogP contribution >= 0.6 is 22.9 Å². The topological polar surface area (TPSA) is 46.1 Å². The standard InChI is InChI=1S/C22H20ClN3OS/c1-4-21(27)26-10-18(17-9-20(23)28-19(17)11-26)15-7-5-6-8-16(15)22-13(2)24-12-25-14(22)3/h4-9,12,18H,1,10-11H2,2-3H3/t18-/m1/s1. The molecular formula is C22H20ClN3OS. The highest BCUT2D eigenvalue weighted by atomic mass is 35.5. The lowest BCUT2D eigenvalue weighted by Crippen LogP contribution is -2.37. The first-order valence-electron chi connectivity index (χ1n) is 9.06. The van der Waals surface area contributed by atoms with Gasteiger partial charge in [0.1, 0.15) is 6.33 Å². The van der Waals surface area contributed by atoms with Gasteiger partial charge in [0.15, 0.2) is 0 Å². The lowest BCUT2D eigenvalue weighted by atomic mass is 9.83. The molecule has 0 unspecified atom stereocenters. The van der Waals surface area contributed by atoms with Gasteiger partial charge < -0.3 is 4.90 Å². The average Bonchev–Trinajstić information content (AvgIpc) is 3.07. The summed E-state index contributed by atoms with van der Waals surface area (Å²) in [7, 11) is 0. The summed E-state index contributed by atoms with van der Waals surface area (Å²) in [6, 6.07) is 10.3. The molecule has 2 aromatic heterocycles. The van der Waals surface area contributed by atoms with E-state index in [0.29, 0.717) is 13.1 Å². The van der Waals surface area contributed by atoms with Gasteiger partial charge in [0, 0.05) is 34.3 Å². The second-order valence-electron chi connectivity index (χ2n) is 6.91. The smallest absolute Gasteiger partial charge is 0.246 e. The van der Waals surface area contributed by atoms with Crippen LogP contribution in [0.15, 0.2) is 49.3 Å². The molecule has 1 aromatic carbocycles. The molecule has 1 aliphatic heterocycles. The van der Waals surface area contributed by atoms with E-state index >= 15 is 0 Å². The molecule has 0 aliphatic carbocycles. The largest absolute Gasteiger partial charge is 0.333 e. The highest BCUT2D eigenvalue weighted by Crippen LogP contribution is 2.43. The fourth-order valence-corrected chi connectivity index (χ4v) is 5.32. The Bertz CT molecular complexity index is 1060. The van der Waals surface area contributed by atoms with Crippen molar-refractivity contribution in [1.29, 1.82) is 0 Å². The highest BCUT2D eigenvalue weighted by molar-refractivity contribution is 7.16. The second kappa shape index (κ2) is 7.49. The molecule has 3 aromatic rings. The van der Waals surface area contributed by atoms with Gasteiger partial charge in [-0.3, -0.25) is 4.79 Å². The van der Waals surface area contributed by atoms with Crippen LogP contribution in [-0.4, -0.2) is 27.3 Å². The van der Waals surface area contributed by atoms with Crippen molar-refractivity contribution < 1.29 is 4.79 Å². The van der Waals surface area contributed by atoms with Crippen molar-refractivity contribution in [3.05, 3.63) is 81.0 Å². The Labute approximate surface area is 173 Å². The van der Waals surface area contributed by atoms with Crippen LogP contribution in [0.3, 0.4) is 0 Å². The normalized spacial score (nSPS) is 16.0. The minimum atomic E-state index is -0.0620. The lowest BCUT2D eigenvalue weighted by Gasteiger charge is -2.33. The minimum Gasteiger partial charge on any atom is -0.333 e. The van der Waals surface area contributed by atoms with Gasteiger partial charge in [-0.1, -0.05) is 42.4 Å². The first-order valence-corrected chi connectivity index (χ1v) is 10.3. The molecule has 4 nitrogen and oxygen atoms in total. The van der Waals surface area contributed by atoms with Crippen LogP contribution in [0, 0.1) is 13.8 Å². The molecule has 1 atom stereocenters. The monoisotopic (exact) mass is 409 g/mol. The van der Waals surface area contributed by atoms with Crippen molar-refractivity contribution in [3.8, 4) is 11.1 Å². The van der Waals surface area contributed by atoms with Crippen molar-refractivity contribution in [2.45, 2.75) is 26.3 Å². The van der Waals surface area contributed by atoms with Crippen molar-refractivity contribution in [2.75, 3.05) is 6.54 Å². The van der Waals surface area contributed by atoms with Crippen LogP contribution in [0.4, 0.5) is 0 Å². The van der Waals surface area contributed by atoms with Crippen LogP contribution in [-0.2, 0) is 11.3 Å². The average molecular weight is 410 g/mol. The van der Waals surface area contributed by atoms with Gasteiger partial charge >= 0.3 is 0 Å². The number of rotatable bonds is 3. The summed E-state index contributed by atoms with van der Waals surface area (Å²) in [5.41, 5.74) is 6.39. The maximum absolute atomic E-state index is 12.4. The maximum Gasteiger partial charge on any atom is 0.246 e. The first-order chi connectivity index (χ1) is 13.5. The third-order valence-corrected chi connectivity index (χ3v) is 6.51. The Morgan fingerprint density at radius 3 is 2.68 bits per heavy atom. The molecule has 6 heteroatoms. The van der Waals surface area contributed by atoms with E-state index in [2.05, 4.69) is 28.7 Å². The van der Waals surface area contributed by atoms with Gasteiger partial charge in [0.2, 0.25) is 5.91 Å². The van der Waals surface area contributed by atoms with Crippen LogP contribution < -0.4 is 0 Å². The van der Waals surface area contributed by atoms with Crippen LogP contribution in [0.25, 0.3) is 11.1 Å². The van der Waals surface area contributed by atoms with E-state index in [1.54, 1.807) is 17.7 Å². The zero-order valence-corrected chi connectivity index (χ0v) is 17.3. The molecular weight excluding hydrogens is 390 g/mol. The van der Waals surface area contributed by atoms with E-state index in [0.717, 1.165) is 37.3 Å². The van der Waals surface area contributed by atoms with Gasteiger partial charge in [0.25, 0.3) is 0 Å². The summed E-state index contributed by atoms with van der Waals surface area (Å²) in [5.74, 6) is -0.0281.